The van der Waals surface area contributed by atoms with Crippen LogP contribution in [0, 0.1) is 17.8 Å². The summed E-state index contributed by atoms with van der Waals surface area (Å²) < 4.78 is 0. The predicted molar refractivity (Wildman–Crippen MR) is 73.5 cm³/mol. The first-order chi connectivity index (χ1) is 9.45. The van der Waals surface area contributed by atoms with Gasteiger partial charge in [0.25, 0.3) is 5.91 Å². The van der Waals surface area contributed by atoms with Crippen molar-refractivity contribution in [2.75, 3.05) is 6.61 Å². The Morgan fingerprint density at radius 1 is 1.45 bits per heavy atom. The number of amides is 2. The Morgan fingerprint density at radius 2 is 2.15 bits per heavy atom. The Bertz CT molecular complexity index is 541. The lowest BCUT2D eigenvalue weighted by Gasteiger charge is -2.18. The van der Waals surface area contributed by atoms with Crippen LogP contribution in [0.25, 0.3) is 0 Å². The molecular formula is C14H17N3O3. The second-order valence-electron chi connectivity index (χ2n) is 4.49. The smallest absolute Gasteiger partial charge is 0.270 e. The summed E-state index contributed by atoms with van der Waals surface area (Å²) in [6.07, 6.45) is 1.42. The van der Waals surface area contributed by atoms with Crippen molar-refractivity contribution in [2.45, 2.75) is 19.9 Å². The first-order valence-corrected chi connectivity index (χ1v) is 6.11. The first-order valence-electron chi connectivity index (χ1n) is 6.11. The lowest BCUT2D eigenvalue weighted by Crippen LogP contribution is -2.47. The van der Waals surface area contributed by atoms with E-state index in [9.17, 15) is 9.59 Å². The van der Waals surface area contributed by atoms with Crippen LogP contribution in [-0.4, -0.2) is 34.6 Å². The zero-order valence-electron chi connectivity index (χ0n) is 11.4. The third kappa shape index (κ3) is 4.37. The van der Waals surface area contributed by atoms with Crippen LogP contribution >= 0.6 is 0 Å². The third-order valence-corrected chi connectivity index (χ3v) is 2.57. The van der Waals surface area contributed by atoms with Gasteiger partial charge in [-0.1, -0.05) is 25.7 Å². The highest BCUT2D eigenvalue weighted by Gasteiger charge is 2.22. The van der Waals surface area contributed by atoms with Gasteiger partial charge in [-0.2, -0.15) is 0 Å². The number of carbonyl (C=O) groups excluding carboxylic acids is 2. The molecule has 0 saturated heterocycles. The number of hydrogen-bond donors (Lipinski definition) is 3. The number of pyridine rings is 1. The number of primary amides is 1. The highest BCUT2D eigenvalue weighted by atomic mass is 16.2. The second kappa shape index (κ2) is 7.26. The number of nitrogens with zero attached hydrogens (tertiary/aromatic N) is 1. The van der Waals surface area contributed by atoms with Crippen molar-refractivity contribution in [1.29, 1.82) is 0 Å². The Labute approximate surface area is 117 Å². The first kappa shape index (κ1) is 15.7. The summed E-state index contributed by atoms with van der Waals surface area (Å²) in [5.41, 5.74) is 5.99. The van der Waals surface area contributed by atoms with Crippen molar-refractivity contribution >= 4 is 11.8 Å². The van der Waals surface area contributed by atoms with Crippen LogP contribution in [0.15, 0.2) is 18.3 Å². The standard InChI is InChI=1S/C14H17N3O3/c1-9(2)12(13(15)19)17-14(20)11-6-5-10(8-16-11)4-3-7-18/h5-6,8-9,12,18H,7H2,1-2H3,(H2,15,19)(H,17,20). The van der Waals surface area contributed by atoms with E-state index in [1.54, 1.807) is 19.9 Å². The molecule has 0 spiro atoms. The normalized spacial score (nSPS) is 11.4. The summed E-state index contributed by atoms with van der Waals surface area (Å²) >= 11 is 0. The second-order valence-corrected chi connectivity index (χ2v) is 4.49. The molecule has 6 nitrogen and oxygen atoms in total. The summed E-state index contributed by atoms with van der Waals surface area (Å²) in [5, 5.41) is 11.1. The molecule has 20 heavy (non-hydrogen) atoms. The Morgan fingerprint density at radius 3 is 2.60 bits per heavy atom. The number of carbonyl (C=O) groups is 2. The van der Waals surface area contributed by atoms with E-state index >= 15 is 0 Å². The van der Waals surface area contributed by atoms with E-state index < -0.39 is 17.9 Å². The van der Waals surface area contributed by atoms with Crippen LogP contribution < -0.4 is 11.1 Å². The number of hydrogen-bond acceptors (Lipinski definition) is 4. The molecule has 1 rings (SSSR count). The van der Waals surface area contributed by atoms with Gasteiger partial charge in [0, 0.05) is 11.8 Å². The van der Waals surface area contributed by atoms with Crippen molar-refractivity contribution in [3.05, 3.63) is 29.6 Å². The number of rotatable bonds is 4. The molecule has 6 heteroatoms. The molecule has 1 aromatic heterocycles. The Balaban J connectivity index is 2.80. The molecule has 2 amide bonds. The van der Waals surface area contributed by atoms with Gasteiger partial charge >= 0.3 is 0 Å². The van der Waals surface area contributed by atoms with Gasteiger partial charge in [-0.05, 0) is 18.1 Å². The largest absolute Gasteiger partial charge is 0.384 e. The number of aliphatic hydroxyl groups excluding tert-OH is 1. The molecule has 4 N–H and O–H groups in total. The summed E-state index contributed by atoms with van der Waals surface area (Å²) in [7, 11) is 0. The fraction of sp³-hybridized carbons (Fsp3) is 0.357. The summed E-state index contributed by atoms with van der Waals surface area (Å²) in [5.74, 6) is 3.99. The third-order valence-electron chi connectivity index (χ3n) is 2.57. The van der Waals surface area contributed by atoms with Crippen LogP contribution in [0.5, 0.6) is 0 Å². The van der Waals surface area contributed by atoms with Crippen molar-refractivity contribution in [2.24, 2.45) is 11.7 Å². The van der Waals surface area contributed by atoms with Gasteiger partial charge < -0.3 is 16.2 Å². The lowest BCUT2D eigenvalue weighted by molar-refractivity contribution is -0.120. The maximum absolute atomic E-state index is 11.9. The predicted octanol–water partition coefficient (Wildman–Crippen LogP) is -0.335. The molecule has 1 aromatic rings. The molecule has 0 aromatic carbocycles. The van der Waals surface area contributed by atoms with Gasteiger partial charge in [0.1, 0.15) is 18.3 Å². The minimum absolute atomic E-state index is 0.105. The lowest BCUT2D eigenvalue weighted by atomic mass is 10.0. The molecule has 0 bridgehead atoms. The van der Waals surface area contributed by atoms with Crippen LogP contribution in [-0.2, 0) is 4.79 Å². The molecular weight excluding hydrogens is 258 g/mol. The molecule has 1 unspecified atom stereocenters. The quantitative estimate of drug-likeness (QED) is 0.654. The van der Waals surface area contributed by atoms with E-state index in [1.165, 1.54) is 12.3 Å². The molecule has 1 atom stereocenters. The summed E-state index contributed by atoms with van der Waals surface area (Å²) in [6.45, 7) is 3.34. The zero-order chi connectivity index (χ0) is 15.1. The minimum atomic E-state index is -0.738. The van der Waals surface area contributed by atoms with Crippen LogP contribution in [0.1, 0.15) is 29.9 Å². The van der Waals surface area contributed by atoms with Crippen LogP contribution in [0.3, 0.4) is 0 Å². The SMILES string of the molecule is CC(C)C(NC(=O)c1ccc(C#CCO)cn1)C(N)=O. The van der Waals surface area contributed by atoms with Gasteiger partial charge in [-0.3, -0.25) is 9.59 Å². The summed E-state index contributed by atoms with van der Waals surface area (Å²) in [6, 6.07) is 2.37. The van der Waals surface area contributed by atoms with Crippen LogP contribution in [0.2, 0.25) is 0 Å². The van der Waals surface area contributed by atoms with Crippen molar-refractivity contribution in [3.8, 4) is 11.8 Å². The highest BCUT2D eigenvalue weighted by molar-refractivity contribution is 5.95. The molecule has 0 aliphatic heterocycles. The van der Waals surface area contributed by atoms with Crippen molar-refractivity contribution < 1.29 is 14.7 Å². The maximum atomic E-state index is 11.9. The van der Waals surface area contributed by atoms with Crippen molar-refractivity contribution in [1.82, 2.24) is 10.3 Å². The number of aliphatic hydroxyl groups is 1. The van der Waals surface area contributed by atoms with E-state index in [4.69, 9.17) is 10.8 Å². The number of aromatic nitrogens is 1. The van der Waals surface area contributed by atoms with E-state index in [-0.39, 0.29) is 18.2 Å². The molecule has 0 saturated carbocycles. The molecule has 0 fully saturated rings. The van der Waals surface area contributed by atoms with Crippen molar-refractivity contribution in [3.63, 3.8) is 0 Å². The maximum Gasteiger partial charge on any atom is 0.270 e. The average Bonchev–Trinajstić information content (AvgIpc) is 2.42. The van der Waals surface area contributed by atoms with Gasteiger partial charge in [0.15, 0.2) is 0 Å². The fourth-order valence-electron chi connectivity index (χ4n) is 1.53. The fourth-order valence-corrected chi connectivity index (χ4v) is 1.53. The molecule has 0 aliphatic carbocycles. The number of nitrogens with one attached hydrogen (secondary N) is 1. The van der Waals surface area contributed by atoms with E-state index in [2.05, 4.69) is 22.1 Å². The van der Waals surface area contributed by atoms with Gasteiger partial charge in [0.05, 0.1) is 0 Å². The van der Waals surface area contributed by atoms with E-state index in [1.807, 2.05) is 0 Å². The van der Waals surface area contributed by atoms with Gasteiger partial charge in [-0.15, -0.1) is 0 Å². The number of nitrogens with two attached hydrogens (primary N) is 1. The molecule has 0 aliphatic rings. The van der Waals surface area contributed by atoms with Crippen LogP contribution in [0.4, 0.5) is 0 Å². The van der Waals surface area contributed by atoms with E-state index in [0.29, 0.717) is 5.56 Å². The molecule has 0 radical (unpaired) electrons. The van der Waals surface area contributed by atoms with Gasteiger partial charge in [0.2, 0.25) is 5.91 Å². The zero-order valence-corrected chi connectivity index (χ0v) is 11.4. The highest BCUT2D eigenvalue weighted by Crippen LogP contribution is 2.04. The Kier molecular flexibility index (Phi) is 5.69. The van der Waals surface area contributed by atoms with Gasteiger partial charge in [-0.25, -0.2) is 4.98 Å². The molecule has 106 valence electrons. The monoisotopic (exact) mass is 275 g/mol. The summed E-state index contributed by atoms with van der Waals surface area (Å²) in [4.78, 5) is 27.1. The average molecular weight is 275 g/mol. The Hall–Kier alpha value is -2.39. The van der Waals surface area contributed by atoms with E-state index in [0.717, 1.165) is 0 Å². The topological polar surface area (TPSA) is 105 Å². The molecule has 1 heterocycles. The minimum Gasteiger partial charge on any atom is -0.384 e.